The van der Waals surface area contributed by atoms with E-state index in [1.165, 1.54) is 54.4 Å². The highest BCUT2D eigenvalue weighted by Gasteiger charge is 2.31. The van der Waals surface area contributed by atoms with Crippen molar-refractivity contribution >= 4 is 33.4 Å². The number of rotatable bonds is 9. The highest BCUT2D eigenvalue weighted by atomic mass is 35.5. The molecule has 0 unspecified atom stereocenters. The Morgan fingerprint density at radius 3 is 2.35 bits per heavy atom. The molecular weight excluding hydrogens is 481 g/mol. The predicted octanol–water partition coefficient (Wildman–Crippen LogP) is 3.58. The fraction of sp³-hybridized carbons (Fsp3) is 0.417. The van der Waals surface area contributed by atoms with Gasteiger partial charge in [0.2, 0.25) is 21.8 Å². The van der Waals surface area contributed by atoms with E-state index in [-0.39, 0.29) is 29.0 Å². The van der Waals surface area contributed by atoms with Crippen molar-refractivity contribution in [1.29, 1.82) is 0 Å². The molecule has 2 aromatic rings. The minimum atomic E-state index is -3.98. The van der Waals surface area contributed by atoms with E-state index < -0.39 is 34.3 Å². The molecule has 7 nitrogen and oxygen atoms in total. The van der Waals surface area contributed by atoms with Crippen molar-refractivity contribution in [2.75, 3.05) is 13.6 Å². The molecule has 1 aliphatic carbocycles. The number of sulfonamides is 1. The average molecular weight is 510 g/mol. The standard InChI is InChI=1S/C24H29ClFN3O4S/c1-17(24(31)27-20-8-4-5-9-20)29(15-18-7-3-6-10-22(18)26)23(30)16-28(2)34(32,33)21-13-11-19(25)12-14-21/h3,6-7,10-14,17,20H,4-5,8-9,15-16H2,1-2H3,(H,27,31)/t17-/m0/s1. The summed E-state index contributed by atoms with van der Waals surface area (Å²) in [7, 11) is -2.69. The van der Waals surface area contributed by atoms with Gasteiger partial charge in [-0.3, -0.25) is 9.59 Å². The van der Waals surface area contributed by atoms with Crippen LogP contribution in [0.4, 0.5) is 4.39 Å². The van der Waals surface area contributed by atoms with E-state index in [1.54, 1.807) is 13.0 Å². The second-order valence-corrected chi connectivity index (χ2v) is 11.0. The number of likely N-dealkylation sites (N-methyl/N-ethyl adjacent to an activating group) is 1. The lowest BCUT2D eigenvalue weighted by Crippen LogP contribution is -2.52. The summed E-state index contributed by atoms with van der Waals surface area (Å²) in [5, 5.41) is 3.34. The van der Waals surface area contributed by atoms with Crippen LogP contribution >= 0.6 is 11.6 Å². The minimum absolute atomic E-state index is 0.0140. The number of carbonyl (C=O) groups is 2. The van der Waals surface area contributed by atoms with Crippen LogP contribution in [0.25, 0.3) is 0 Å². The smallest absolute Gasteiger partial charge is 0.243 e. The number of hydrogen-bond donors (Lipinski definition) is 1. The molecule has 0 spiro atoms. The van der Waals surface area contributed by atoms with Crippen LogP contribution in [0.5, 0.6) is 0 Å². The average Bonchev–Trinajstić information content (AvgIpc) is 3.31. The van der Waals surface area contributed by atoms with Gasteiger partial charge in [-0.15, -0.1) is 0 Å². The topological polar surface area (TPSA) is 86.8 Å². The van der Waals surface area contributed by atoms with Crippen LogP contribution in [0.2, 0.25) is 5.02 Å². The van der Waals surface area contributed by atoms with Crippen LogP contribution in [-0.4, -0.2) is 55.1 Å². The number of amides is 2. The number of nitrogens with zero attached hydrogens (tertiary/aromatic N) is 2. The minimum Gasteiger partial charge on any atom is -0.352 e. The summed E-state index contributed by atoms with van der Waals surface area (Å²) in [5.41, 5.74) is 0.236. The number of hydrogen-bond acceptors (Lipinski definition) is 4. The number of nitrogens with one attached hydrogen (secondary N) is 1. The molecule has 2 amide bonds. The zero-order chi connectivity index (χ0) is 24.9. The molecule has 1 atom stereocenters. The second-order valence-electron chi connectivity index (χ2n) is 8.49. The Labute approximate surface area is 204 Å². The molecule has 10 heteroatoms. The van der Waals surface area contributed by atoms with Gasteiger partial charge in [0.25, 0.3) is 0 Å². The van der Waals surface area contributed by atoms with E-state index in [4.69, 9.17) is 11.6 Å². The van der Waals surface area contributed by atoms with Gasteiger partial charge in [0.1, 0.15) is 11.9 Å². The third-order valence-corrected chi connectivity index (χ3v) is 8.12. The fourth-order valence-electron chi connectivity index (χ4n) is 3.94. The van der Waals surface area contributed by atoms with Crippen LogP contribution in [0.1, 0.15) is 38.2 Å². The van der Waals surface area contributed by atoms with Gasteiger partial charge in [0.15, 0.2) is 0 Å². The fourth-order valence-corrected chi connectivity index (χ4v) is 5.18. The first-order chi connectivity index (χ1) is 16.1. The van der Waals surface area contributed by atoms with Crippen molar-refractivity contribution in [3.63, 3.8) is 0 Å². The van der Waals surface area contributed by atoms with Crippen LogP contribution < -0.4 is 5.32 Å². The zero-order valence-electron chi connectivity index (χ0n) is 19.2. The Balaban J connectivity index is 1.80. The molecule has 3 rings (SSSR count). The van der Waals surface area contributed by atoms with Gasteiger partial charge in [0.05, 0.1) is 11.4 Å². The maximum absolute atomic E-state index is 14.4. The number of halogens is 2. The maximum Gasteiger partial charge on any atom is 0.243 e. The Bertz CT molecular complexity index is 1120. The lowest BCUT2D eigenvalue weighted by molar-refractivity contribution is -0.140. The first-order valence-electron chi connectivity index (χ1n) is 11.1. The zero-order valence-corrected chi connectivity index (χ0v) is 20.8. The Morgan fingerprint density at radius 2 is 1.74 bits per heavy atom. The van der Waals surface area contributed by atoms with Gasteiger partial charge in [-0.05, 0) is 50.1 Å². The summed E-state index contributed by atoms with van der Waals surface area (Å²) in [5.74, 6) is -1.47. The first-order valence-corrected chi connectivity index (χ1v) is 13.0. The van der Waals surface area contributed by atoms with Crippen molar-refractivity contribution in [3.8, 4) is 0 Å². The Kier molecular flexibility index (Phi) is 8.67. The summed E-state index contributed by atoms with van der Waals surface area (Å²) in [6.45, 7) is 0.886. The third kappa shape index (κ3) is 6.34. The molecule has 184 valence electrons. The van der Waals surface area contributed by atoms with E-state index in [0.29, 0.717) is 5.02 Å². The quantitative estimate of drug-likeness (QED) is 0.560. The number of carbonyl (C=O) groups excluding carboxylic acids is 2. The number of benzene rings is 2. The van der Waals surface area contributed by atoms with Crippen molar-refractivity contribution in [2.24, 2.45) is 0 Å². The highest BCUT2D eigenvalue weighted by molar-refractivity contribution is 7.89. The molecule has 0 saturated heterocycles. The van der Waals surface area contributed by atoms with E-state index in [0.717, 1.165) is 30.0 Å². The monoisotopic (exact) mass is 509 g/mol. The molecule has 0 bridgehead atoms. The van der Waals surface area contributed by atoms with Gasteiger partial charge >= 0.3 is 0 Å². The summed E-state index contributed by atoms with van der Waals surface area (Å²) in [6.07, 6.45) is 3.82. The largest absolute Gasteiger partial charge is 0.352 e. The molecule has 1 N–H and O–H groups in total. The Hall–Kier alpha value is -2.49. The summed E-state index contributed by atoms with van der Waals surface area (Å²) >= 11 is 5.84. The van der Waals surface area contributed by atoms with Crippen LogP contribution in [-0.2, 0) is 26.2 Å². The first kappa shape index (κ1) is 26.1. The predicted molar refractivity (Wildman–Crippen MR) is 128 cm³/mol. The van der Waals surface area contributed by atoms with E-state index >= 15 is 0 Å². The normalized spacial score (nSPS) is 15.3. The lowest BCUT2D eigenvalue weighted by atomic mass is 10.1. The van der Waals surface area contributed by atoms with E-state index in [9.17, 15) is 22.4 Å². The summed E-state index contributed by atoms with van der Waals surface area (Å²) in [6, 6.07) is 10.7. The van der Waals surface area contributed by atoms with Crippen LogP contribution in [0.15, 0.2) is 53.4 Å². The summed E-state index contributed by atoms with van der Waals surface area (Å²) in [4.78, 5) is 27.4. The molecular formula is C24H29ClFN3O4S. The van der Waals surface area contributed by atoms with Crippen molar-refractivity contribution in [2.45, 2.75) is 56.1 Å². The highest BCUT2D eigenvalue weighted by Crippen LogP contribution is 2.20. The SMILES string of the molecule is C[C@@H](C(=O)NC1CCCC1)N(Cc1ccccc1F)C(=O)CN(C)S(=O)(=O)c1ccc(Cl)cc1. The molecule has 2 aromatic carbocycles. The van der Waals surface area contributed by atoms with Crippen molar-refractivity contribution in [1.82, 2.24) is 14.5 Å². The molecule has 0 aliphatic heterocycles. The molecule has 0 radical (unpaired) electrons. The Morgan fingerprint density at radius 1 is 1.12 bits per heavy atom. The van der Waals surface area contributed by atoms with Crippen LogP contribution in [0.3, 0.4) is 0 Å². The lowest BCUT2D eigenvalue weighted by Gasteiger charge is -2.31. The van der Waals surface area contributed by atoms with Gasteiger partial charge in [-0.2, -0.15) is 4.31 Å². The van der Waals surface area contributed by atoms with Gasteiger partial charge < -0.3 is 10.2 Å². The molecule has 0 aromatic heterocycles. The van der Waals surface area contributed by atoms with Gasteiger partial charge in [0, 0.05) is 30.2 Å². The van der Waals surface area contributed by atoms with Crippen LogP contribution in [0, 0.1) is 5.82 Å². The third-order valence-electron chi connectivity index (χ3n) is 6.05. The van der Waals surface area contributed by atoms with Gasteiger partial charge in [-0.25, -0.2) is 12.8 Å². The van der Waals surface area contributed by atoms with Crippen molar-refractivity contribution < 1.29 is 22.4 Å². The molecule has 0 heterocycles. The van der Waals surface area contributed by atoms with E-state index in [2.05, 4.69) is 5.32 Å². The summed E-state index contributed by atoms with van der Waals surface area (Å²) < 4.78 is 41.1. The molecule has 1 saturated carbocycles. The molecule has 1 fully saturated rings. The molecule has 1 aliphatic rings. The molecule has 34 heavy (non-hydrogen) atoms. The van der Waals surface area contributed by atoms with Gasteiger partial charge in [-0.1, -0.05) is 42.6 Å². The second kappa shape index (κ2) is 11.3. The van der Waals surface area contributed by atoms with Crippen molar-refractivity contribution in [3.05, 3.63) is 64.9 Å². The maximum atomic E-state index is 14.4. The van der Waals surface area contributed by atoms with E-state index in [1.807, 2.05) is 0 Å².